The van der Waals surface area contributed by atoms with Crippen molar-refractivity contribution >= 4 is 17.6 Å². The van der Waals surface area contributed by atoms with Crippen LogP contribution < -0.4 is 0 Å². The number of non-ortho nitro benzene ring substituents is 1. The zero-order chi connectivity index (χ0) is 18.7. The Labute approximate surface area is 149 Å². The summed E-state index contributed by atoms with van der Waals surface area (Å²) in [6, 6.07) is 3.25. The summed E-state index contributed by atoms with van der Waals surface area (Å²) in [5.41, 5.74) is -0.893. The molecule has 2 heterocycles. The third-order valence-corrected chi connectivity index (χ3v) is 4.90. The number of carboxylic acids is 1. The lowest BCUT2D eigenvalue weighted by atomic mass is 9.80. The first-order valence-corrected chi connectivity index (χ1v) is 8.38. The van der Waals surface area contributed by atoms with Gasteiger partial charge in [-0.1, -0.05) is 0 Å². The highest BCUT2D eigenvalue weighted by Gasteiger charge is 2.38. The van der Waals surface area contributed by atoms with Gasteiger partial charge in [0, 0.05) is 49.4 Å². The van der Waals surface area contributed by atoms with Gasteiger partial charge in [0.15, 0.2) is 0 Å². The summed E-state index contributed by atoms with van der Waals surface area (Å²) >= 11 is 0. The molecule has 1 spiro atoms. The minimum Gasteiger partial charge on any atom is -0.478 e. The van der Waals surface area contributed by atoms with Gasteiger partial charge in [-0.25, -0.2) is 4.79 Å². The normalized spacial score (nSPS) is 19.8. The van der Waals surface area contributed by atoms with Gasteiger partial charge in [-0.3, -0.25) is 14.9 Å². The number of carbonyl (C=O) groups is 2. The van der Waals surface area contributed by atoms with Crippen molar-refractivity contribution in [2.24, 2.45) is 5.41 Å². The summed E-state index contributed by atoms with van der Waals surface area (Å²) < 4.78 is 11.1. The Hall–Kier alpha value is -2.52. The third-order valence-electron chi connectivity index (χ3n) is 4.90. The van der Waals surface area contributed by atoms with E-state index < -0.39 is 22.5 Å². The molecule has 1 aromatic carbocycles. The van der Waals surface area contributed by atoms with Crippen molar-refractivity contribution in [3.05, 3.63) is 39.4 Å². The van der Waals surface area contributed by atoms with Gasteiger partial charge in [-0.15, -0.1) is 0 Å². The Morgan fingerprint density at radius 3 is 2.46 bits per heavy atom. The van der Waals surface area contributed by atoms with Gasteiger partial charge in [0.25, 0.3) is 11.6 Å². The first-order valence-electron chi connectivity index (χ1n) is 8.38. The van der Waals surface area contributed by atoms with Crippen molar-refractivity contribution < 1.29 is 29.1 Å². The Morgan fingerprint density at radius 2 is 1.81 bits per heavy atom. The number of ether oxygens (including phenoxy) is 2. The minimum atomic E-state index is -1.32. The Balaban J connectivity index is 1.89. The van der Waals surface area contributed by atoms with Crippen molar-refractivity contribution in [1.82, 2.24) is 4.90 Å². The number of nitro groups is 1. The number of benzene rings is 1. The Bertz CT molecular complexity index is 696. The minimum absolute atomic E-state index is 0.000657. The molecule has 9 heteroatoms. The molecule has 9 nitrogen and oxygen atoms in total. The van der Waals surface area contributed by atoms with Crippen LogP contribution in [0.1, 0.15) is 33.6 Å². The second-order valence-corrected chi connectivity index (χ2v) is 6.72. The number of nitro benzene ring substituents is 1. The van der Waals surface area contributed by atoms with Crippen molar-refractivity contribution in [3.8, 4) is 0 Å². The zero-order valence-corrected chi connectivity index (χ0v) is 14.2. The fourth-order valence-corrected chi connectivity index (χ4v) is 3.42. The Morgan fingerprint density at radius 1 is 1.12 bits per heavy atom. The highest BCUT2D eigenvalue weighted by molar-refractivity contribution is 5.98. The maximum atomic E-state index is 13.0. The van der Waals surface area contributed by atoms with E-state index in [4.69, 9.17) is 14.6 Å². The predicted octanol–water partition coefficient (Wildman–Crippen LogP) is 1.56. The van der Waals surface area contributed by atoms with Crippen LogP contribution in [-0.2, 0) is 9.47 Å². The fourth-order valence-electron chi connectivity index (χ4n) is 3.42. The summed E-state index contributed by atoms with van der Waals surface area (Å²) in [5.74, 6) is -1.74. The van der Waals surface area contributed by atoms with Crippen LogP contribution in [0.15, 0.2) is 18.2 Å². The van der Waals surface area contributed by atoms with Gasteiger partial charge in [-0.05, 0) is 18.9 Å². The number of aromatic carboxylic acids is 1. The van der Waals surface area contributed by atoms with Gasteiger partial charge >= 0.3 is 5.97 Å². The van der Waals surface area contributed by atoms with Crippen LogP contribution in [0.25, 0.3) is 0 Å². The van der Waals surface area contributed by atoms with Crippen molar-refractivity contribution in [3.63, 3.8) is 0 Å². The van der Waals surface area contributed by atoms with Crippen LogP contribution in [-0.4, -0.2) is 66.3 Å². The van der Waals surface area contributed by atoms with E-state index in [0.29, 0.717) is 39.5 Å². The molecule has 2 aliphatic rings. The molecular formula is C17H20N2O7. The maximum Gasteiger partial charge on any atom is 0.335 e. The number of rotatable bonds is 3. The zero-order valence-electron chi connectivity index (χ0n) is 14.2. The van der Waals surface area contributed by atoms with Gasteiger partial charge in [0.05, 0.1) is 23.7 Å². The van der Waals surface area contributed by atoms with Crippen molar-refractivity contribution in [2.45, 2.75) is 12.8 Å². The van der Waals surface area contributed by atoms with Crippen LogP contribution in [0, 0.1) is 15.5 Å². The molecule has 1 N–H and O–H groups in total. The van der Waals surface area contributed by atoms with E-state index >= 15 is 0 Å². The van der Waals surface area contributed by atoms with Crippen LogP contribution in [0.4, 0.5) is 5.69 Å². The molecule has 0 unspecified atom stereocenters. The number of amides is 1. The van der Waals surface area contributed by atoms with E-state index in [-0.39, 0.29) is 16.5 Å². The van der Waals surface area contributed by atoms with E-state index in [1.165, 1.54) is 6.07 Å². The molecule has 0 aromatic heterocycles. The van der Waals surface area contributed by atoms with Gasteiger partial charge < -0.3 is 19.5 Å². The lowest BCUT2D eigenvalue weighted by Crippen LogP contribution is -2.44. The van der Waals surface area contributed by atoms with E-state index in [9.17, 15) is 19.7 Å². The predicted molar refractivity (Wildman–Crippen MR) is 89.3 cm³/mol. The molecule has 0 aliphatic carbocycles. The molecule has 2 fully saturated rings. The first-order chi connectivity index (χ1) is 12.4. The maximum absolute atomic E-state index is 13.0. The van der Waals surface area contributed by atoms with Gasteiger partial charge in [0.2, 0.25) is 0 Å². The average Bonchev–Trinajstić information content (AvgIpc) is 2.84. The number of hydrogen-bond acceptors (Lipinski definition) is 6. The molecule has 26 heavy (non-hydrogen) atoms. The summed E-state index contributed by atoms with van der Waals surface area (Å²) in [5, 5.41) is 20.2. The van der Waals surface area contributed by atoms with Crippen LogP contribution in [0.3, 0.4) is 0 Å². The molecule has 0 radical (unpaired) electrons. The number of carbonyl (C=O) groups excluding carboxylic acids is 1. The van der Waals surface area contributed by atoms with Crippen LogP contribution >= 0.6 is 0 Å². The molecule has 3 rings (SSSR count). The molecular weight excluding hydrogens is 344 g/mol. The summed E-state index contributed by atoms with van der Waals surface area (Å²) in [6.45, 7) is 2.92. The summed E-state index contributed by atoms with van der Waals surface area (Å²) in [7, 11) is 0. The molecule has 0 bridgehead atoms. The van der Waals surface area contributed by atoms with Crippen molar-refractivity contribution in [1.29, 1.82) is 0 Å². The van der Waals surface area contributed by atoms with Gasteiger partial charge in [0.1, 0.15) is 0 Å². The standard InChI is InChI=1S/C17H20N2O7/c20-15(12-7-13(16(21)22)9-14(8-12)19(23)24)18-3-6-26-11-17(10-18)1-4-25-5-2-17/h7-9H,1-6,10-11H2,(H,21,22). The highest BCUT2D eigenvalue weighted by atomic mass is 16.6. The van der Waals surface area contributed by atoms with Crippen LogP contribution in [0.5, 0.6) is 0 Å². The lowest BCUT2D eigenvalue weighted by Gasteiger charge is -2.38. The Kier molecular flexibility index (Phi) is 5.19. The quantitative estimate of drug-likeness (QED) is 0.638. The highest BCUT2D eigenvalue weighted by Crippen LogP contribution is 2.34. The van der Waals surface area contributed by atoms with Crippen molar-refractivity contribution in [2.75, 3.05) is 39.5 Å². The number of carboxylic acid groups (broad SMARTS) is 1. The number of hydrogen-bond donors (Lipinski definition) is 1. The molecule has 1 aromatic rings. The molecule has 1 amide bonds. The van der Waals surface area contributed by atoms with E-state index in [1.807, 2.05) is 0 Å². The lowest BCUT2D eigenvalue weighted by molar-refractivity contribution is -0.384. The van der Waals surface area contributed by atoms with E-state index in [2.05, 4.69) is 0 Å². The van der Waals surface area contributed by atoms with Crippen LogP contribution in [0.2, 0.25) is 0 Å². The fraction of sp³-hybridized carbons (Fsp3) is 0.529. The molecule has 2 saturated heterocycles. The van der Waals surface area contributed by atoms with Gasteiger partial charge in [-0.2, -0.15) is 0 Å². The van der Waals surface area contributed by atoms with E-state index in [0.717, 1.165) is 25.0 Å². The molecule has 140 valence electrons. The first kappa shape index (κ1) is 18.3. The molecule has 2 aliphatic heterocycles. The topological polar surface area (TPSA) is 119 Å². The second kappa shape index (κ2) is 7.38. The number of nitrogens with zero attached hydrogens (tertiary/aromatic N) is 2. The average molecular weight is 364 g/mol. The molecule has 0 saturated carbocycles. The van der Waals surface area contributed by atoms with E-state index in [1.54, 1.807) is 4.90 Å². The smallest absolute Gasteiger partial charge is 0.335 e. The summed E-state index contributed by atoms with van der Waals surface area (Å²) in [6.07, 6.45) is 1.54. The molecule has 0 atom stereocenters. The summed E-state index contributed by atoms with van der Waals surface area (Å²) in [4.78, 5) is 36.2. The second-order valence-electron chi connectivity index (χ2n) is 6.72. The third kappa shape index (κ3) is 3.83. The largest absolute Gasteiger partial charge is 0.478 e. The SMILES string of the molecule is O=C(O)c1cc(C(=O)N2CCOCC3(CCOCC3)C2)cc([N+](=O)[O-])c1. The monoisotopic (exact) mass is 364 g/mol.